The maximum absolute atomic E-state index is 12.0. The van der Waals surface area contributed by atoms with Gasteiger partial charge in [0.25, 0.3) is 0 Å². The molecular weight excluding hydrogens is 284 g/mol. The van der Waals surface area contributed by atoms with Gasteiger partial charge in [0.15, 0.2) is 5.17 Å². The predicted octanol–water partition coefficient (Wildman–Crippen LogP) is 2.99. The number of thioether (sulfide) groups is 1. The molecule has 1 unspecified atom stereocenters. The molecule has 1 heterocycles. The van der Waals surface area contributed by atoms with E-state index in [-0.39, 0.29) is 5.91 Å². The molecule has 0 spiro atoms. The van der Waals surface area contributed by atoms with Crippen LogP contribution in [0.15, 0.2) is 29.3 Å². The summed E-state index contributed by atoms with van der Waals surface area (Å²) in [6, 6.07) is 7.28. The maximum atomic E-state index is 12.0. The molecular formula is C13H15ClN2O2S. The van der Waals surface area contributed by atoms with Crippen LogP contribution in [-0.2, 0) is 9.53 Å². The third-order valence-corrected chi connectivity index (χ3v) is 4.43. The van der Waals surface area contributed by atoms with Crippen LogP contribution in [0.25, 0.3) is 0 Å². The first-order chi connectivity index (χ1) is 9.05. The number of carbonyl (C=O) groups excluding carboxylic acids is 1. The van der Waals surface area contributed by atoms with Gasteiger partial charge in [-0.05, 0) is 25.5 Å². The summed E-state index contributed by atoms with van der Waals surface area (Å²) in [4.78, 5) is 16.4. The molecule has 1 aromatic carbocycles. The lowest BCUT2D eigenvalue weighted by molar-refractivity contribution is -0.121. The molecule has 0 bridgehead atoms. The number of benzene rings is 1. The first-order valence-electron chi connectivity index (χ1n) is 5.88. The van der Waals surface area contributed by atoms with Crippen molar-refractivity contribution in [2.45, 2.75) is 18.1 Å². The lowest BCUT2D eigenvalue weighted by Crippen LogP contribution is -2.34. The average molecular weight is 299 g/mol. The Morgan fingerprint density at radius 3 is 2.89 bits per heavy atom. The molecule has 4 nitrogen and oxygen atoms in total. The van der Waals surface area contributed by atoms with Crippen molar-refractivity contribution in [2.75, 3.05) is 13.7 Å². The molecule has 102 valence electrons. The Morgan fingerprint density at radius 2 is 2.21 bits per heavy atom. The number of ether oxygens (including phenoxy) is 1. The summed E-state index contributed by atoms with van der Waals surface area (Å²) >= 11 is 7.46. The molecule has 0 aliphatic carbocycles. The Hall–Kier alpha value is -1.04. The molecule has 0 aromatic heterocycles. The average Bonchev–Trinajstić information content (AvgIpc) is 2.66. The van der Waals surface area contributed by atoms with Crippen molar-refractivity contribution >= 4 is 40.1 Å². The van der Waals surface area contributed by atoms with Gasteiger partial charge in [0.2, 0.25) is 5.91 Å². The minimum absolute atomic E-state index is 0.0413. The van der Waals surface area contributed by atoms with E-state index in [2.05, 4.69) is 10.3 Å². The van der Waals surface area contributed by atoms with E-state index in [4.69, 9.17) is 16.3 Å². The number of aliphatic imine (C=N–C) groups is 1. The lowest BCUT2D eigenvalue weighted by Gasteiger charge is -2.17. The van der Waals surface area contributed by atoms with Gasteiger partial charge in [-0.1, -0.05) is 35.5 Å². The highest BCUT2D eigenvalue weighted by molar-refractivity contribution is 8.16. The molecule has 0 saturated carbocycles. The van der Waals surface area contributed by atoms with E-state index in [0.717, 1.165) is 0 Å². The number of para-hydroxylation sites is 1. The summed E-state index contributed by atoms with van der Waals surface area (Å²) in [5.74, 6) is -0.0413. The third-order valence-electron chi connectivity index (χ3n) is 2.88. The number of nitrogens with zero attached hydrogens (tertiary/aromatic N) is 1. The number of nitrogens with one attached hydrogen (secondary N) is 1. The first-order valence-corrected chi connectivity index (χ1v) is 7.07. The van der Waals surface area contributed by atoms with Crippen LogP contribution in [0, 0.1) is 0 Å². The Kier molecular flexibility index (Phi) is 4.50. The fraction of sp³-hybridized carbons (Fsp3) is 0.385. The van der Waals surface area contributed by atoms with Crippen molar-refractivity contribution in [3.63, 3.8) is 0 Å². The van der Waals surface area contributed by atoms with Crippen molar-refractivity contribution in [1.29, 1.82) is 0 Å². The maximum Gasteiger partial charge on any atom is 0.242 e. The topological polar surface area (TPSA) is 50.7 Å². The minimum Gasteiger partial charge on any atom is -0.385 e. The number of amidine groups is 1. The number of methoxy groups -OCH3 is 1. The molecule has 1 N–H and O–H groups in total. The smallest absolute Gasteiger partial charge is 0.242 e. The Balaban J connectivity index is 2.17. The van der Waals surface area contributed by atoms with E-state index in [1.165, 1.54) is 11.8 Å². The van der Waals surface area contributed by atoms with Gasteiger partial charge in [-0.15, -0.1) is 0 Å². The monoisotopic (exact) mass is 298 g/mol. The first kappa shape index (κ1) is 14.4. The van der Waals surface area contributed by atoms with Gasteiger partial charge < -0.3 is 10.1 Å². The Bertz CT molecular complexity index is 521. The van der Waals surface area contributed by atoms with Gasteiger partial charge >= 0.3 is 0 Å². The van der Waals surface area contributed by atoms with Crippen LogP contribution in [0.2, 0.25) is 5.02 Å². The summed E-state index contributed by atoms with van der Waals surface area (Å²) in [6.45, 7) is 2.43. The fourth-order valence-electron chi connectivity index (χ4n) is 1.68. The number of amides is 1. The van der Waals surface area contributed by atoms with Crippen LogP contribution in [0.4, 0.5) is 5.69 Å². The largest absolute Gasteiger partial charge is 0.385 e. The summed E-state index contributed by atoms with van der Waals surface area (Å²) in [5, 5.41) is 3.93. The standard InChI is InChI=1S/C13H15ClN2O2S/c1-13(7-8-18-2)11(17)16-12(19-13)15-10-6-4-3-5-9(10)14/h3-6H,7-8H2,1-2H3,(H,15,16,17). The molecule has 1 atom stereocenters. The molecule has 19 heavy (non-hydrogen) atoms. The number of hydrogen-bond donors (Lipinski definition) is 1. The van der Waals surface area contributed by atoms with E-state index in [1.807, 2.05) is 25.1 Å². The van der Waals surface area contributed by atoms with Crippen molar-refractivity contribution in [3.05, 3.63) is 29.3 Å². The normalized spacial score (nSPS) is 24.8. The second kappa shape index (κ2) is 5.94. The zero-order valence-corrected chi connectivity index (χ0v) is 12.3. The van der Waals surface area contributed by atoms with Crippen molar-refractivity contribution in [3.8, 4) is 0 Å². The van der Waals surface area contributed by atoms with E-state index < -0.39 is 4.75 Å². The summed E-state index contributed by atoms with van der Waals surface area (Å²) < 4.78 is 4.50. The number of rotatable bonds is 4. The molecule has 1 fully saturated rings. The highest BCUT2D eigenvalue weighted by Gasteiger charge is 2.42. The molecule has 1 aliphatic heterocycles. The van der Waals surface area contributed by atoms with Crippen LogP contribution in [0.3, 0.4) is 0 Å². The summed E-state index contributed by atoms with van der Waals surface area (Å²) in [7, 11) is 1.62. The van der Waals surface area contributed by atoms with E-state index in [9.17, 15) is 4.79 Å². The van der Waals surface area contributed by atoms with Crippen LogP contribution in [0.1, 0.15) is 13.3 Å². The quantitative estimate of drug-likeness (QED) is 0.929. The Morgan fingerprint density at radius 1 is 1.47 bits per heavy atom. The van der Waals surface area contributed by atoms with Gasteiger partial charge in [-0.2, -0.15) is 0 Å². The van der Waals surface area contributed by atoms with E-state index in [0.29, 0.717) is 28.9 Å². The highest BCUT2D eigenvalue weighted by atomic mass is 35.5. The van der Waals surface area contributed by atoms with Crippen molar-refractivity contribution in [2.24, 2.45) is 4.99 Å². The fourth-order valence-corrected chi connectivity index (χ4v) is 2.90. The van der Waals surface area contributed by atoms with E-state index >= 15 is 0 Å². The molecule has 1 saturated heterocycles. The minimum atomic E-state index is -0.532. The molecule has 2 rings (SSSR count). The second-order valence-corrected chi connectivity index (χ2v) is 6.30. The van der Waals surface area contributed by atoms with Gasteiger partial charge in [0, 0.05) is 13.7 Å². The zero-order valence-electron chi connectivity index (χ0n) is 10.8. The Labute approximate surface area is 121 Å². The number of hydrogen-bond acceptors (Lipinski definition) is 4. The van der Waals surface area contributed by atoms with Gasteiger partial charge in [0.1, 0.15) is 4.75 Å². The summed E-state index contributed by atoms with van der Waals surface area (Å²) in [5.41, 5.74) is 0.656. The predicted molar refractivity (Wildman–Crippen MR) is 79.2 cm³/mol. The SMILES string of the molecule is COCCC1(C)SC(=Nc2ccccc2Cl)NC1=O. The summed E-state index contributed by atoms with van der Waals surface area (Å²) in [6.07, 6.45) is 0.640. The van der Waals surface area contributed by atoms with E-state index in [1.54, 1.807) is 13.2 Å². The molecule has 1 aromatic rings. The molecule has 1 aliphatic rings. The van der Waals surface area contributed by atoms with Gasteiger partial charge in [-0.25, -0.2) is 4.99 Å². The van der Waals surface area contributed by atoms with Crippen molar-refractivity contribution < 1.29 is 9.53 Å². The van der Waals surface area contributed by atoms with Crippen LogP contribution in [0.5, 0.6) is 0 Å². The molecule has 1 amide bonds. The zero-order chi connectivity index (χ0) is 13.9. The third kappa shape index (κ3) is 3.29. The van der Waals surface area contributed by atoms with Gasteiger partial charge in [-0.3, -0.25) is 4.79 Å². The second-order valence-electron chi connectivity index (χ2n) is 4.40. The van der Waals surface area contributed by atoms with Crippen molar-refractivity contribution in [1.82, 2.24) is 5.32 Å². The van der Waals surface area contributed by atoms with Crippen LogP contribution < -0.4 is 5.32 Å². The molecule has 6 heteroatoms. The highest BCUT2D eigenvalue weighted by Crippen LogP contribution is 2.36. The van der Waals surface area contributed by atoms with Crippen LogP contribution >= 0.6 is 23.4 Å². The molecule has 0 radical (unpaired) electrons. The number of carbonyl (C=O) groups is 1. The lowest BCUT2D eigenvalue weighted by atomic mass is 10.1. The van der Waals surface area contributed by atoms with Gasteiger partial charge in [0.05, 0.1) is 10.7 Å². The number of halogens is 1. The van der Waals surface area contributed by atoms with Crippen LogP contribution in [-0.4, -0.2) is 29.5 Å².